The third-order valence-electron chi connectivity index (χ3n) is 0.239. The van der Waals surface area contributed by atoms with E-state index in [0.717, 1.165) is 5.45 Å². The van der Waals surface area contributed by atoms with Crippen molar-refractivity contribution in [1.82, 2.24) is 4.90 Å². The van der Waals surface area contributed by atoms with E-state index in [1.54, 1.807) is 0 Å². The van der Waals surface area contributed by atoms with Crippen molar-refractivity contribution < 1.29 is 0 Å². The molecule has 1 nitrogen and oxygen atoms in total. The summed E-state index contributed by atoms with van der Waals surface area (Å²) in [4.78, 5) is 2.04. The largest absolute Gasteiger partial charge is 0.300 e. The zero-order valence-corrected chi connectivity index (χ0v) is 7.24. The molecule has 0 saturated carbocycles. The Bertz CT molecular complexity index is 22.8. The first-order valence-corrected chi connectivity index (χ1v) is 2.60. The van der Waals surface area contributed by atoms with Gasteiger partial charge in [-0.1, -0.05) is 15.9 Å². The summed E-state index contributed by atoms with van der Waals surface area (Å²) in [5.41, 5.74) is 0.951. The molecule has 6 heavy (non-hydrogen) atoms. The van der Waals surface area contributed by atoms with Crippen molar-refractivity contribution in [3.8, 4) is 0 Å². The molecular formula is C3H9Br2N. The van der Waals surface area contributed by atoms with Gasteiger partial charge in [-0.05, 0) is 14.1 Å². The van der Waals surface area contributed by atoms with Crippen LogP contribution in [0.4, 0.5) is 0 Å². The zero-order chi connectivity index (χ0) is 4.28. The Hall–Kier alpha value is 0.920. The van der Waals surface area contributed by atoms with Gasteiger partial charge in [-0.2, -0.15) is 0 Å². The van der Waals surface area contributed by atoms with Crippen LogP contribution in [0.15, 0.2) is 0 Å². The maximum absolute atomic E-state index is 3.24. The van der Waals surface area contributed by atoms with Gasteiger partial charge < -0.3 is 0 Å². The molecule has 0 rings (SSSR count). The highest BCUT2D eigenvalue weighted by Crippen LogP contribution is 1.78. The molecule has 0 amide bonds. The molecule has 40 valence electrons. The van der Waals surface area contributed by atoms with Crippen LogP contribution in [0.2, 0.25) is 0 Å². The van der Waals surface area contributed by atoms with E-state index in [2.05, 4.69) is 15.9 Å². The highest BCUT2D eigenvalue weighted by Gasteiger charge is 1.74. The summed E-state index contributed by atoms with van der Waals surface area (Å²) in [6.07, 6.45) is 0. The van der Waals surface area contributed by atoms with E-state index in [1.165, 1.54) is 0 Å². The van der Waals surface area contributed by atoms with Crippen LogP contribution in [0.25, 0.3) is 0 Å². The fourth-order valence-corrected chi connectivity index (χ4v) is 0. The van der Waals surface area contributed by atoms with E-state index in [1.807, 2.05) is 19.0 Å². The Morgan fingerprint density at radius 1 is 1.50 bits per heavy atom. The van der Waals surface area contributed by atoms with Gasteiger partial charge in [0.1, 0.15) is 0 Å². The van der Waals surface area contributed by atoms with Crippen LogP contribution in [0.3, 0.4) is 0 Å². The average molecular weight is 219 g/mol. The van der Waals surface area contributed by atoms with Crippen molar-refractivity contribution in [3.05, 3.63) is 0 Å². The molecule has 3 heteroatoms. The van der Waals surface area contributed by atoms with Crippen LogP contribution in [-0.2, 0) is 0 Å². The SMILES string of the molecule is Br.CN(C)CBr. The van der Waals surface area contributed by atoms with Crippen molar-refractivity contribution in [3.63, 3.8) is 0 Å². The Kier molecular flexibility index (Phi) is 9.89. The second-order valence-corrected chi connectivity index (χ2v) is 1.70. The van der Waals surface area contributed by atoms with Crippen LogP contribution in [-0.4, -0.2) is 24.4 Å². The standard InChI is InChI=1S/C3H8BrN.BrH/c1-5(2)3-4;/h3H2,1-2H3;1H. The lowest BCUT2D eigenvalue weighted by Gasteiger charge is -1.98. The molecule has 0 heterocycles. The first kappa shape index (κ1) is 10.0. The summed E-state index contributed by atoms with van der Waals surface area (Å²) in [7, 11) is 4.02. The van der Waals surface area contributed by atoms with Crippen LogP contribution in [0.1, 0.15) is 0 Å². The highest BCUT2D eigenvalue weighted by atomic mass is 79.9. The molecule has 0 spiro atoms. The van der Waals surface area contributed by atoms with E-state index in [-0.39, 0.29) is 17.0 Å². The molecule has 0 aromatic heterocycles. The van der Waals surface area contributed by atoms with Crippen LogP contribution in [0, 0.1) is 0 Å². The van der Waals surface area contributed by atoms with Crippen molar-refractivity contribution in [2.45, 2.75) is 0 Å². The predicted octanol–water partition coefficient (Wildman–Crippen LogP) is 1.48. The van der Waals surface area contributed by atoms with E-state index >= 15 is 0 Å². The molecule has 0 radical (unpaired) electrons. The van der Waals surface area contributed by atoms with Crippen LogP contribution in [0.5, 0.6) is 0 Å². The van der Waals surface area contributed by atoms with E-state index in [9.17, 15) is 0 Å². The summed E-state index contributed by atoms with van der Waals surface area (Å²) in [6.45, 7) is 0. The molecule has 0 aromatic rings. The molecule has 0 N–H and O–H groups in total. The summed E-state index contributed by atoms with van der Waals surface area (Å²) in [5.74, 6) is 0. The molecule has 0 aliphatic rings. The highest BCUT2D eigenvalue weighted by molar-refractivity contribution is 9.09. The molecule has 0 aliphatic carbocycles. The lowest BCUT2D eigenvalue weighted by Crippen LogP contribution is -2.06. The average Bonchev–Trinajstić information content (AvgIpc) is 1.38. The number of rotatable bonds is 1. The van der Waals surface area contributed by atoms with Crippen molar-refractivity contribution >= 4 is 32.9 Å². The smallest absolute Gasteiger partial charge is 0.0537 e. The van der Waals surface area contributed by atoms with Gasteiger partial charge in [0.05, 0.1) is 5.45 Å². The first-order valence-electron chi connectivity index (χ1n) is 1.48. The number of halogens is 2. The van der Waals surface area contributed by atoms with Gasteiger partial charge in [-0.15, -0.1) is 17.0 Å². The van der Waals surface area contributed by atoms with E-state index in [0.29, 0.717) is 0 Å². The maximum atomic E-state index is 3.24. The van der Waals surface area contributed by atoms with Gasteiger partial charge in [0.2, 0.25) is 0 Å². The molecule has 0 atom stereocenters. The quantitative estimate of drug-likeness (QED) is 0.476. The van der Waals surface area contributed by atoms with Gasteiger partial charge in [0.15, 0.2) is 0 Å². The number of hydrogen-bond donors (Lipinski definition) is 0. The van der Waals surface area contributed by atoms with Crippen molar-refractivity contribution in [1.29, 1.82) is 0 Å². The third kappa shape index (κ3) is 8.87. The minimum Gasteiger partial charge on any atom is -0.300 e. The summed E-state index contributed by atoms with van der Waals surface area (Å²) >= 11 is 3.24. The number of nitrogens with zero attached hydrogens (tertiary/aromatic N) is 1. The Morgan fingerprint density at radius 3 is 1.67 bits per heavy atom. The fraction of sp³-hybridized carbons (Fsp3) is 1.00. The lowest BCUT2D eigenvalue weighted by atomic mass is 11.0. The molecule has 0 aromatic carbocycles. The normalized spacial score (nSPS) is 8.00. The summed E-state index contributed by atoms with van der Waals surface area (Å²) < 4.78 is 0. The third-order valence-corrected chi connectivity index (χ3v) is 1.24. The van der Waals surface area contributed by atoms with Crippen molar-refractivity contribution in [2.75, 3.05) is 19.5 Å². The number of hydrogen-bond acceptors (Lipinski definition) is 1. The number of alkyl halides is 1. The second kappa shape index (κ2) is 5.92. The Labute approximate surface area is 57.6 Å². The topological polar surface area (TPSA) is 3.24 Å². The minimum atomic E-state index is 0. The molecule has 0 saturated heterocycles. The summed E-state index contributed by atoms with van der Waals surface area (Å²) in [6, 6.07) is 0. The lowest BCUT2D eigenvalue weighted by molar-refractivity contribution is 0.490. The Morgan fingerprint density at radius 2 is 1.67 bits per heavy atom. The fourth-order valence-electron chi connectivity index (χ4n) is 0. The molecular weight excluding hydrogens is 210 g/mol. The van der Waals surface area contributed by atoms with Crippen LogP contribution >= 0.6 is 32.9 Å². The van der Waals surface area contributed by atoms with E-state index < -0.39 is 0 Å². The Balaban J connectivity index is 0. The molecule has 0 aliphatic heterocycles. The molecule has 0 fully saturated rings. The van der Waals surface area contributed by atoms with Gasteiger partial charge in [0.25, 0.3) is 0 Å². The van der Waals surface area contributed by atoms with Crippen molar-refractivity contribution in [2.24, 2.45) is 0 Å². The monoisotopic (exact) mass is 217 g/mol. The summed E-state index contributed by atoms with van der Waals surface area (Å²) in [5, 5.41) is 0. The van der Waals surface area contributed by atoms with Gasteiger partial charge >= 0.3 is 0 Å². The van der Waals surface area contributed by atoms with Gasteiger partial charge in [-0.3, -0.25) is 4.90 Å². The zero-order valence-electron chi connectivity index (χ0n) is 3.94. The molecule has 0 bridgehead atoms. The van der Waals surface area contributed by atoms with Crippen LogP contribution < -0.4 is 0 Å². The van der Waals surface area contributed by atoms with E-state index in [4.69, 9.17) is 0 Å². The maximum Gasteiger partial charge on any atom is 0.0537 e. The minimum absolute atomic E-state index is 0. The second-order valence-electron chi connectivity index (χ2n) is 1.20. The predicted molar refractivity (Wildman–Crippen MR) is 37.8 cm³/mol. The first-order chi connectivity index (χ1) is 2.27. The van der Waals surface area contributed by atoms with Gasteiger partial charge in [0, 0.05) is 0 Å². The van der Waals surface area contributed by atoms with Gasteiger partial charge in [-0.25, -0.2) is 0 Å². The molecule has 0 unspecified atom stereocenters.